The maximum Gasteiger partial charge on any atom is 0.418 e. The molecular weight excluding hydrogens is 311 g/mol. The van der Waals surface area contributed by atoms with Crippen LogP contribution in [0.3, 0.4) is 0 Å². The molecule has 1 saturated heterocycles. The summed E-state index contributed by atoms with van der Waals surface area (Å²) in [4.78, 5) is 13.6. The van der Waals surface area contributed by atoms with Crippen LogP contribution in [-0.2, 0) is 19.4 Å². The molecule has 0 unspecified atom stereocenters. The number of methoxy groups -OCH3 is 1. The predicted molar refractivity (Wildman–Crippen MR) is 74.7 cm³/mol. The molecule has 21 heavy (non-hydrogen) atoms. The average Bonchev–Trinajstić information content (AvgIpc) is 2.57. The molecule has 10 heteroatoms. The van der Waals surface area contributed by atoms with E-state index in [2.05, 4.69) is 10.9 Å². The molecule has 0 spiro atoms. The molecule has 2 atom stereocenters. The maximum atomic E-state index is 12.2. The second-order valence-corrected chi connectivity index (χ2v) is 5.71. The summed E-state index contributed by atoms with van der Waals surface area (Å²) < 4.78 is 39.9. The van der Waals surface area contributed by atoms with Gasteiger partial charge in [-0.3, -0.25) is 4.55 Å². The van der Waals surface area contributed by atoms with Crippen molar-refractivity contribution in [1.82, 2.24) is 9.96 Å². The standard InChI is InChI=1S/C11H16N2O6S.Na/c1-7(2)9-4-8(6-18-3)12-5-10(9)13(11(12)14)19-20(15,16)17;/h4,8,10H,1,5-6H2,2-3H3,(H,15,16,17);/t8-,10-;/m0./s1. The van der Waals surface area contributed by atoms with Crippen LogP contribution >= 0.6 is 0 Å². The van der Waals surface area contributed by atoms with Gasteiger partial charge in [0.2, 0.25) is 0 Å². The molecule has 0 aromatic rings. The van der Waals surface area contributed by atoms with Gasteiger partial charge in [-0.2, -0.15) is 13.5 Å². The average molecular weight is 327 g/mol. The summed E-state index contributed by atoms with van der Waals surface area (Å²) in [5, 5.41) is 0.658. The van der Waals surface area contributed by atoms with E-state index < -0.39 is 22.5 Å². The zero-order chi connectivity index (χ0) is 15.1. The van der Waals surface area contributed by atoms with Crippen molar-refractivity contribution in [3.63, 3.8) is 0 Å². The molecule has 2 bridgehead atoms. The Morgan fingerprint density at radius 3 is 2.67 bits per heavy atom. The van der Waals surface area contributed by atoms with Crippen LogP contribution in [0.4, 0.5) is 4.79 Å². The molecule has 2 rings (SSSR count). The Balaban J connectivity index is 0.00000220. The Morgan fingerprint density at radius 2 is 2.19 bits per heavy atom. The number of fused-ring (bicyclic) bond motifs is 2. The van der Waals surface area contributed by atoms with Crippen LogP contribution in [-0.4, -0.2) is 90.9 Å². The van der Waals surface area contributed by atoms with E-state index in [1.807, 2.05) is 0 Å². The second kappa shape index (κ2) is 6.78. The number of hydroxylamine groups is 2. The first-order valence-corrected chi connectivity index (χ1v) is 7.24. The fourth-order valence-corrected chi connectivity index (χ4v) is 2.80. The van der Waals surface area contributed by atoms with Gasteiger partial charge in [0.05, 0.1) is 19.2 Å². The molecule has 8 nitrogen and oxygen atoms in total. The van der Waals surface area contributed by atoms with Gasteiger partial charge in [0.15, 0.2) is 0 Å². The van der Waals surface area contributed by atoms with Crippen molar-refractivity contribution in [3.05, 3.63) is 23.8 Å². The van der Waals surface area contributed by atoms with Gasteiger partial charge in [-0.25, -0.2) is 4.79 Å². The van der Waals surface area contributed by atoms with E-state index in [9.17, 15) is 13.2 Å². The number of amides is 2. The molecule has 2 aliphatic rings. The van der Waals surface area contributed by atoms with Crippen molar-refractivity contribution < 1.29 is 26.8 Å². The third-order valence-electron chi connectivity index (χ3n) is 3.22. The van der Waals surface area contributed by atoms with Gasteiger partial charge in [0.25, 0.3) is 0 Å². The third-order valence-corrected chi connectivity index (χ3v) is 3.57. The molecule has 0 saturated carbocycles. The fraction of sp³-hybridized carbons (Fsp3) is 0.545. The summed E-state index contributed by atoms with van der Waals surface area (Å²) in [6.45, 7) is 6.09. The van der Waals surface area contributed by atoms with Gasteiger partial charge in [-0.1, -0.05) is 18.2 Å². The minimum atomic E-state index is -4.77. The first-order valence-electron chi connectivity index (χ1n) is 5.88. The van der Waals surface area contributed by atoms with Crippen LogP contribution in [0.5, 0.6) is 0 Å². The number of rotatable bonds is 5. The SMILES string of the molecule is C=C(C)C1=C[C@@H](COC)N2C[C@@H]1N(OS(=O)(=O)O)C2=O.[Na]. The molecule has 1 fully saturated rings. The Morgan fingerprint density at radius 1 is 1.57 bits per heavy atom. The summed E-state index contributed by atoms with van der Waals surface area (Å²) in [5.74, 6) is 0. The monoisotopic (exact) mass is 327 g/mol. The smallest absolute Gasteiger partial charge is 0.382 e. The Bertz CT molecular complexity index is 575. The summed E-state index contributed by atoms with van der Waals surface area (Å²) >= 11 is 0. The zero-order valence-corrected chi connectivity index (χ0v) is 15.0. The number of nitrogens with zero attached hydrogens (tertiary/aromatic N) is 2. The predicted octanol–water partition coefficient (Wildman–Crippen LogP) is -0.0227. The Hall–Kier alpha value is -0.420. The Labute approximate surface area is 145 Å². The van der Waals surface area contributed by atoms with Crippen molar-refractivity contribution in [2.45, 2.75) is 19.0 Å². The van der Waals surface area contributed by atoms with Crippen molar-refractivity contribution in [1.29, 1.82) is 0 Å². The minimum Gasteiger partial charge on any atom is -0.382 e. The Kier molecular flexibility index (Phi) is 6.01. The van der Waals surface area contributed by atoms with Crippen molar-refractivity contribution in [2.24, 2.45) is 0 Å². The molecule has 0 aliphatic carbocycles. The van der Waals surface area contributed by atoms with Gasteiger partial charge >= 0.3 is 16.4 Å². The molecule has 113 valence electrons. The van der Waals surface area contributed by atoms with E-state index in [0.29, 0.717) is 16.2 Å². The van der Waals surface area contributed by atoms with E-state index in [1.54, 1.807) is 13.0 Å². The summed E-state index contributed by atoms with van der Waals surface area (Å²) in [6, 6.07) is -1.58. The zero-order valence-electron chi connectivity index (χ0n) is 12.1. The van der Waals surface area contributed by atoms with Gasteiger partial charge in [0.1, 0.15) is 6.04 Å². The van der Waals surface area contributed by atoms with Crippen LogP contribution in [0, 0.1) is 0 Å². The van der Waals surface area contributed by atoms with Crippen LogP contribution in [0.25, 0.3) is 0 Å². The van der Waals surface area contributed by atoms with Crippen molar-refractivity contribution in [2.75, 3.05) is 20.3 Å². The largest absolute Gasteiger partial charge is 0.418 e. The van der Waals surface area contributed by atoms with Crippen LogP contribution < -0.4 is 0 Å². The van der Waals surface area contributed by atoms with Crippen LogP contribution in [0.15, 0.2) is 23.8 Å². The summed E-state index contributed by atoms with van der Waals surface area (Å²) in [5.41, 5.74) is 1.38. The van der Waals surface area contributed by atoms with E-state index in [0.717, 1.165) is 0 Å². The quantitative estimate of drug-likeness (QED) is 0.563. The second-order valence-electron chi connectivity index (χ2n) is 4.70. The number of hydrogen-bond donors (Lipinski definition) is 1. The number of carbonyl (C=O) groups excluding carboxylic acids is 1. The minimum absolute atomic E-state index is 0. The van der Waals surface area contributed by atoms with Crippen molar-refractivity contribution in [3.8, 4) is 0 Å². The maximum absolute atomic E-state index is 12.2. The molecule has 2 aliphatic heterocycles. The summed E-state index contributed by atoms with van der Waals surface area (Å²) in [7, 11) is -3.26. The molecular formula is C11H16N2NaO6S. The number of hydrogen-bond acceptors (Lipinski definition) is 5. The van der Waals surface area contributed by atoms with Gasteiger partial charge in [0, 0.05) is 36.7 Å². The normalized spacial score (nSPS) is 24.7. The van der Waals surface area contributed by atoms with E-state index in [-0.39, 0.29) is 48.8 Å². The molecule has 1 radical (unpaired) electrons. The topological polar surface area (TPSA) is 96.4 Å². The fourth-order valence-electron chi connectivity index (χ4n) is 2.43. The summed E-state index contributed by atoms with van der Waals surface area (Å²) in [6.07, 6.45) is 1.80. The van der Waals surface area contributed by atoms with E-state index in [1.165, 1.54) is 12.0 Å². The van der Waals surface area contributed by atoms with Gasteiger partial charge < -0.3 is 9.64 Å². The molecule has 0 aromatic carbocycles. The number of urea groups is 1. The molecule has 0 aromatic heterocycles. The van der Waals surface area contributed by atoms with E-state index in [4.69, 9.17) is 9.29 Å². The van der Waals surface area contributed by atoms with Crippen LogP contribution in [0.2, 0.25) is 0 Å². The first kappa shape index (κ1) is 18.6. The first-order chi connectivity index (χ1) is 9.24. The molecule has 1 N–H and O–H groups in total. The number of ether oxygens (including phenoxy) is 1. The number of carbonyl (C=O) groups is 1. The third kappa shape index (κ3) is 3.86. The van der Waals surface area contributed by atoms with E-state index >= 15 is 0 Å². The van der Waals surface area contributed by atoms with Crippen LogP contribution in [0.1, 0.15) is 6.92 Å². The van der Waals surface area contributed by atoms with Crippen molar-refractivity contribution >= 4 is 46.0 Å². The van der Waals surface area contributed by atoms with Gasteiger partial charge in [-0.05, 0) is 12.5 Å². The molecule has 2 amide bonds. The molecule has 2 heterocycles. The van der Waals surface area contributed by atoms with Gasteiger partial charge in [-0.15, -0.1) is 4.28 Å².